The molecule has 3 rings (SSSR count). The molecule has 0 bridgehead atoms. The summed E-state index contributed by atoms with van der Waals surface area (Å²) in [5.74, 6) is -0.935. The molecule has 32 heavy (non-hydrogen) atoms. The molecule has 0 atom stereocenters. The third-order valence-electron chi connectivity index (χ3n) is 4.22. The monoisotopic (exact) mass is 471 g/mol. The van der Waals surface area contributed by atoms with Crippen LogP contribution >= 0.6 is 23.2 Å². The number of nitrogens with zero attached hydrogens (tertiary/aromatic N) is 1. The predicted molar refractivity (Wildman–Crippen MR) is 125 cm³/mol. The molecule has 0 fully saturated rings. The second kappa shape index (κ2) is 11.2. The Kier molecular flexibility index (Phi) is 8.08. The molecule has 0 aliphatic heterocycles. The van der Waals surface area contributed by atoms with E-state index in [1.54, 1.807) is 42.5 Å². The van der Waals surface area contributed by atoms with Crippen molar-refractivity contribution in [1.29, 1.82) is 0 Å². The Labute approximate surface area is 194 Å². The topological polar surface area (TPSA) is 89.0 Å². The maximum atomic E-state index is 12.0. The lowest BCUT2D eigenvalue weighted by molar-refractivity contribution is -0.136. The van der Waals surface area contributed by atoms with Gasteiger partial charge in [-0.25, -0.2) is 5.43 Å². The summed E-state index contributed by atoms with van der Waals surface area (Å²) in [7, 11) is 1.51. The van der Waals surface area contributed by atoms with E-state index in [0.29, 0.717) is 32.8 Å². The number of carbonyl (C=O) groups is 2. The van der Waals surface area contributed by atoms with Crippen molar-refractivity contribution in [3.63, 3.8) is 0 Å². The number of amides is 2. The van der Waals surface area contributed by atoms with Crippen LogP contribution in [-0.4, -0.2) is 25.1 Å². The molecule has 164 valence electrons. The molecule has 0 saturated carbocycles. The maximum Gasteiger partial charge on any atom is 0.329 e. The number of ether oxygens (including phenoxy) is 2. The SMILES string of the molecule is COc1cccc(/C=N\NC(=O)C(=O)Nc2cccc(Cl)c2)c1OCc1ccccc1Cl. The number of methoxy groups -OCH3 is 1. The summed E-state index contributed by atoms with van der Waals surface area (Å²) in [6, 6.07) is 19.0. The Morgan fingerprint density at radius 3 is 2.53 bits per heavy atom. The van der Waals surface area contributed by atoms with Gasteiger partial charge in [-0.2, -0.15) is 5.10 Å². The second-order valence-corrected chi connectivity index (χ2v) is 7.27. The van der Waals surface area contributed by atoms with Gasteiger partial charge in [0.15, 0.2) is 11.5 Å². The highest BCUT2D eigenvalue weighted by atomic mass is 35.5. The van der Waals surface area contributed by atoms with Gasteiger partial charge in [0.05, 0.1) is 13.3 Å². The van der Waals surface area contributed by atoms with E-state index in [4.69, 9.17) is 32.7 Å². The molecule has 3 aromatic rings. The zero-order valence-corrected chi connectivity index (χ0v) is 18.5. The van der Waals surface area contributed by atoms with Crippen LogP contribution in [0.1, 0.15) is 11.1 Å². The summed E-state index contributed by atoms with van der Waals surface area (Å²) in [5, 5.41) is 7.31. The number of hydrogen-bond acceptors (Lipinski definition) is 5. The van der Waals surface area contributed by atoms with Crippen molar-refractivity contribution in [2.45, 2.75) is 6.61 Å². The zero-order chi connectivity index (χ0) is 22.9. The van der Waals surface area contributed by atoms with Gasteiger partial charge in [-0.05, 0) is 36.4 Å². The Morgan fingerprint density at radius 2 is 1.78 bits per heavy atom. The van der Waals surface area contributed by atoms with Crippen LogP contribution in [0.2, 0.25) is 10.0 Å². The molecule has 3 aromatic carbocycles. The highest BCUT2D eigenvalue weighted by molar-refractivity contribution is 6.39. The number of nitrogens with one attached hydrogen (secondary N) is 2. The lowest BCUT2D eigenvalue weighted by Crippen LogP contribution is -2.32. The number of anilines is 1. The van der Waals surface area contributed by atoms with Crippen LogP contribution in [0.5, 0.6) is 11.5 Å². The molecule has 0 heterocycles. The number of hydrogen-bond donors (Lipinski definition) is 2. The summed E-state index contributed by atoms with van der Waals surface area (Å²) in [6.45, 7) is 0.204. The molecule has 0 spiro atoms. The molecular weight excluding hydrogens is 453 g/mol. The second-order valence-electron chi connectivity index (χ2n) is 6.42. The fourth-order valence-corrected chi connectivity index (χ4v) is 3.06. The number of halogens is 2. The van der Waals surface area contributed by atoms with Crippen LogP contribution in [-0.2, 0) is 16.2 Å². The molecule has 2 amide bonds. The van der Waals surface area contributed by atoms with E-state index in [9.17, 15) is 9.59 Å². The number of benzene rings is 3. The van der Waals surface area contributed by atoms with Gasteiger partial charge < -0.3 is 14.8 Å². The Bertz CT molecular complexity index is 1150. The zero-order valence-electron chi connectivity index (χ0n) is 17.0. The van der Waals surface area contributed by atoms with E-state index < -0.39 is 11.8 Å². The summed E-state index contributed by atoms with van der Waals surface area (Å²) < 4.78 is 11.3. The number of carbonyl (C=O) groups excluding carboxylic acids is 2. The third-order valence-corrected chi connectivity index (χ3v) is 4.82. The first-order chi connectivity index (χ1) is 15.5. The van der Waals surface area contributed by atoms with E-state index in [2.05, 4.69) is 15.8 Å². The van der Waals surface area contributed by atoms with Gasteiger partial charge >= 0.3 is 11.8 Å². The molecule has 0 aromatic heterocycles. The highest BCUT2D eigenvalue weighted by Crippen LogP contribution is 2.31. The summed E-state index contributed by atoms with van der Waals surface area (Å²) in [4.78, 5) is 24.1. The van der Waals surface area contributed by atoms with E-state index in [1.807, 2.05) is 18.2 Å². The van der Waals surface area contributed by atoms with Crippen molar-refractivity contribution < 1.29 is 19.1 Å². The normalized spacial score (nSPS) is 10.6. The summed E-state index contributed by atoms with van der Waals surface area (Å²) >= 11 is 12.1. The third kappa shape index (κ3) is 6.23. The molecular formula is C23H19Cl2N3O4. The van der Waals surface area contributed by atoms with Crippen molar-refractivity contribution in [3.05, 3.63) is 87.9 Å². The number of para-hydroxylation sites is 1. The van der Waals surface area contributed by atoms with Gasteiger partial charge in [-0.15, -0.1) is 0 Å². The number of rotatable bonds is 7. The van der Waals surface area contributed by atoms with E-state index in [-0.39, 0.29) is 6.61 Å². The van der Waals surface area contributed by atoms with Gasteiger partial charge in [0.2, 0.25) is 0 Å². The highest BCUT2D eigenvalue weighted by Gasteiger charge is 2.14. The van der Waals surface area contributed by atoms with Crippen molar-refractivity contribution in [2.75, 3.05) is 12.4 Å². The van der Waals surface area contributed by atoms with Gasteiger partial charge in [-0.1, -0.05) is 53.5 Å². The van der Waals surface area contributed by atoms with Gasteiger partial charge in [0.25, 0.3) is 0 Å². The lowest BCUT2D eigenvalue weighted by atomic mass is 10.2. The maximum absolute atomic E-state index is 12.0. The van der Waals surface area contributed by atoms with Crippen molar-refractivity contribution in [3.8, 4) is 11.5 Å². The molecule has 2 N–H and O–H groups in total. The lowest BCUT2D eigenvalue weighted by Gasteiger charge is -2.13. The molecule has 0 unspecified atom stereocenters. The first-order valence-electron chi connectivity index (χ1n) is 9.41. The van der Waals surface area contributed by atoms with Crippen molar-refractivity contribution >= 4 is 46.9 Å². The summed E-state index contributed by atoms with van der Waals surface area (Å²) in [6.07, 6.45) is 1.36. The van der Waals surface area contributed by atoms with Crippen molar-refractivity contribution in [2.24, 2.45) is 5.10 Å². The van der Waals surface area contributed by atoms with Gasteiger partial charge in [-0.3, -0.25) is 9.59 Å². The molecule has 0 aliphatic rings. The Balaban J connectivity index is 1.67. The summed E-state index contributed by atoms with van der Waals surface area (Å²) in [5.41, 5.74) is 3.91. The van der Waals surface area contributed by atoms with Gasteiger partial charge in [0.1, 0.15) is 6.61 Å². The van der Waals surface area contributed by atoms with Crippen LogP contribution in [0, 0.1) is 0 Å². The quantitative estimate of drug-likeness (QED) is 0.297. The Hall–Kier alpha value is -3.55. The molecule has 9 heteroatoms. The minimum Gasteiger partial charge on any atom is -0.493 e. The van der Waals surface area contributed by atoms with Crippen LogP contribution in [0.3, 0.4) is 0 Å². The standard InChI is InChI=1S/C23H19Cl2N3O4/c1-31-20-11-4-7-15(21(20)32-14-16-6-2-3-10-19(16)25)13-26-28-23(30)22(29)27-18-9-5-8-17(24)12-18/h2-13H,14H2,1H3,(H,27,29)(H,28,30)/b26-13-. The fraction of sp³-hybridized carbons (Fsp3) is 0.0870. The predicted octanol–water partition coefficient (Wildman–Crippen LogP) is 4.67. The number of hydrazone groups is 1. The minimum absolute atomic E-state index is 0.204. The Morgan fingerprint density at radius 1 is 1.00 bits per heavy atom. The van der Waals surface area contributed by atoms with Crippen LogP contribution < -0.4 is 20.2 Å². The molecule has 7 nitrogen and oxygen atoms in total. The largest absolute Gasteiger partial charge is 0.493 e. The van der Waals surface area contributed by atoms with Crippen LogP contribution in [0.4, 0.5) is 5.69 Å². The van der Waals surface area contributed by atoms with E-state index in [0.717, 1.165) is 5.56 Å². The average Bonchev–Trinajstić information content (AvgIpc) is 2.78. The molecule has 0 radical (unpaired) electrons. The molecule has 0 aliphatic carbocycles. The van der Waals surface area contributed by atoms with E-state index in [1.165, 1.54) is 19.4 Å². The molecule has 0 saturated heterocycles. The first kappa shape index (κ1) is 23.1. The van der Waals surface area contributed by atoms with Crippen molar-refractivity contribution in [1.82, 2.24) is 5.43 Å². The van der Waals surface area contributed by atoms with E-state index >= 15 is 0 Å². The van der Waals surface area contributed by atoms with Crippen LogP contribution in [0.15, 0.2) is 71.8 Å². The van der Waals surface area contributed by atoms with Gasteiger partial charge in [0, 0.05) is 26.9 Å². The fourth-order valence-electron chi connectivity index (χ4n) is 2.68. The first-order valence-corrected chi connectivity index (χ1v) is 10.2. The smallest absolute Gasteiger partial charge is 0.329 e. The minimum atomic E-state index is -0.942. The van der Waals surface area contributed by atoms with Crippen LogP contribution in [0.25, 0.3) is 0 Å². The average molecular weight is 472 g/mol.